The summed E-state index contributed by atoms with van der Waals surface area (Å²) < 4.78 is 35.8. The summed E-state index contributed by atoms with van der Waals surface area (Å²) >= 11 is 0. The summed E-state index contributed by atoms with van der Waals surface area (Å²) in [5.41, 5.74) is -1.26. The monoisotopic (exact) mass is 620 g/mol. The number of methoxy groups -OCH3 is 1. The maximum absolute atomic E-state index is 13.7. The van der Waals surface area contributed by atoms with Crippen LogP contribution in [0.4, 0.5) is 5.69 Å². The highest BCUT2D eigenvalue weighted by molar-refractivity contribution is 7.90. The Bertz CT molecular complexity index is 1560. The number of sulfone groups is 1. The van der Waals surface area contributed by atoms with Gasteiger partial charge < -0.3 is 24.9 Å². The first kappa shape index (κ1) is 32.8. The number of nitrogens with zero attached hydrogens (tertiary/aromatic N) is 2. The van der Waals surface area contributed by atoms with Crippen molar-refractivity contribution in [3.63, 3.8) is 0 Å². The van der Waals surface area contributed by atoms with Crippen molar-refractivity contribution in [1.29, 1.82) is 0 Å². The highest BCUT2D eigenvalue weighted by atomic mass is 32.2. The standard InChI is InChI=1S/C27H32N4O11S/c1-6-41-21-12-16(10-11-20(21)40-4)19(14-43(5,38)39)30-24(33)17-8-7-9-18(23(17)25(30)34)29-22(32)13-28-26(35)27(2,3)15-42-31(36)37/h7-12,19H,6,13-15H2,1-5H3,(H,28,35)(H,29,32). The molecule has 0 aromatic heterocycles. The van der Waals surface area contributed by atoms with Crippen LogP contribution in [-0.2, 0) is 24.3 Å². The van der Waals surface area contributed by atoms with Crippen molar-refractivity contribution in [2.45, 2.75) is 26.8 Å². The number of amides is 4. The van der Waals surface area contributed by atoms with Crippen molar-refractivity contribution in [2.75, 3.05) is 44.2 Å². The zero-order valence-corrected chi connectivity index (χ0v) is 25.0. The molecule has 0 saturated carbocycles. The molecule has 16 heteroatoms. The fourth-order valence-electron chi connectivity index (χ4n) is 4.34. The second-order valence-corrected chi connectivity index (χ2v) is 12.5. The minimum absolute atomic E-state index is 0.0311. The number of benzene rings is 2. The number of anilines is 1. The molecule has 0 radical (unpaired) electrons. The second-order valence-electron chi connectivity index (χ2n) is 10.3. The molecule has 2 N–H and O–H groups in total. The lowest BCUT2D eigenvalue weighted by Crippen LogP contribution is -2.43. The van der Waals surface area contributed by atoms with Crippen LogP contribution in [0.1, 0.15) is 53.1 Å². The van der Waals surface area contributed by atoms with Crippen LogP contribution in [0.25, 0.3) is 0 Å². The molecule has 1 aliphatic rings. The van der Waals surface area contributed by atoms with E-state index in [0.717, 1.165) is 11.2 Å². The topological polar surface area (TPSA) is 201 Å². The Balaban J connectivity index is 1.88. The number of hydrogen-bond acceptors (Lipinski definition) is 11. The van der Waals surface area contributed by atoms with E-state index in [1.165, 1.54) is 51.3 Å². The van der Waals surface area contributed by atoms with E-state index in [-0.39, 0.29) is 23.4 Å². The summed E-state index contributed by atoms with van der Waals surface area (Å²) in [7, 11) is -2.29. The predicted molar refractivity (Wildman–Crippen MR) is 152 cm³/mol. The van der Waals surface area contributed by atoms with E-state index >= 15 is 0 Å². The zero-order valence-electron chi connectivity index (χ0n) is 24.2. The van der Waals surface area contributed by atoms with E-state index in [0.29, 0.717) is 17.1 Å². The molecule has 2 aromatic rings. The molecule has 232 valence electrons. The third kappa shape index (κ3) is 7.77. The SMILES string of the molecule is CCOc1cc(C(CS(C)(=O)=O)N2C(=O)c3cccc(NC(=O)CNC(=O)C(C)(C)CO[N+](=O)[O-])c3C2=O)ccc1OC. The second kappa shape index (κ2) is 13.1. The summed E-state index contributed by atoms with van der Waals surface area (Å²) in [6.07, 6.45) is 0.982. The van der Waals surface area contributed by atoms with Gasteiger partial charge >= 0.3 is 0 Å². The van der Waals surface area contributed by atoms with Crippen LogP contribution in [0.3, 0.4) is 0 Å². The molecule has 2 aromatic carbocycles. The molecular weight excluding hydrogens is 588 g/mol. The first-order valence-electron chi connectivity index (χ1n) is 12.9. The summed E-state index contributed by atoms with van der Waals surface area (Å²) in [5, 5.41) is 14.3. The minimum Gasteiger partial charge on any atom is -0.493 e. The number of carbonyl (C=O) groups excluding carboxylic acids is 4. The van der Waals surface area contributed by atoms with Crippen LogP contribution in [-0.4, -0.2) is 80.9 Å². The lowest BCUT2D eigenvalue weighted by Gasteiger charge is -2.27. The molecule has 1 aliphatic heterocycles. The van der Waals surface area contributed by atoms with Crippen LogP contribution in [0.5, 0.6) is 11.5 Å². The number of nitrogens with one attached hydrogen (secondary N) is 2. The quantitative estimate of drug-likeness (QED) is 0.177. The van der Waals surface area contributed by atoms with Crippen molar-refractivity contribution >= 4 is 39.2 Å². The van der Waals surface area contributed by atoms with Crippen molar-refractivity contribution in [1.82, 2.24) is 10.2 Å². The summed E-state index contributed by atoms with van der Waals surface area (Å²) in [5.74, 6) is -2.97. The number of fused-ring (bicyclic) bond motifs is 1. The largest absolute Gasteiger partial charge is 0.493 e. The Morgan fingerprint density at radius 3 is 2.42 bits per heavy atom. The summed E-state index contributed by atoms with van der Waals surface area (Å²) in [6, 6.07) is 7.54. The van der Waals surface area contributed by atoms with E-state index in [1.807, 2.05) is 0 Å². The van der Waals surface area contributed by atoms with Crippen LogP contribution in [0.2, 0.25) is 0 Å². The van der Waals surface area contributed by atoms with Gasteiger partial charge in [0, 0.05) is 6.26 Å². The van der Waals surface area contributed by atoms with Crippen molar-refractivity contribution in [2.24, 2.45) is 5.41 Å². The lowest BCUT2D eigenvalue weighted by atomic mass is 9.94. The van der Waals surface area contributed by atoms with Crippen molar-refractivity contribution in [3.05, 3.63) is 63.2 Å². The minimum atomic E-state index is -3.72. The molecule has 0 saturated heterocycles. The third-order valence-electron chi connectivity index (χ3n) is 6.42. The van der Waals surface area contributed by atoms with E-state index in [4.69, 9.17) is 9.47 Å². The highest BCUT2D eigenvalue weighted by Gasteiger charge is 2.43. The molecule has 0 fully saturated rings. The molecule has 0 spiro atoms. The molecule has 4 amide bonds. The predicted octanol–water partition coefficient (Wildman–Crippen LogP) is 1.77. The molecule has 0 aliphatic carbocycles. The number of hydrogen-bond donors (Lipinski definition) is 2. The van der Waals surface area contributed by atoms with Crippen LogP contribution in [0, 0.1) is 15.5 Å². The van der Waals surface area contributed by atoms with Gasteiger partial charge in [-0.15, -0.1) is 10.1 Å². The average Bonchev–Trinajstić information content (AvgIpc) is 3.19. The molecule has 0 bridgehead atoms. The van der Waals surface area contributed by atoms with Crippen LogP contribution >= 0.6 is 0 Å². The first-order chi connectivity index (χ1) is 20.1. The van der Waals surface area contributed by atoms with Gasteiger partial charge in [-0.1, -0.05) is 12.1 Å². The van der Waals surface area contributed by atoms with Crippen LogP contribution in [0.15, 0.2) is 36.4 Å². The molecule has 1 unspecified atom stereocenters. The smallest absolute Gasteiger partial charge is 0.294 e. The van der Waals surface area contributed by atoms with Gasteiger partial charge in [-0.25, -0.2) is 8.42 Å². The number of imide groups is 1. The number of rotatable bonds is 14. The molecule has 1 atom stereocenters. The van der Waals surface area contributed by atoms with Gasteiger partial charge in [-0.2, -0.15) is 0 Å². The Kier molecular flexibility index (Phi) is 9.96. The molecule has 43 heavy (non-hydrogen) atoms. The Morgan fingerprint density at radius 2 is 1.81 bits per heavy atom. The van der Waals surface area contributed by atoms with Gasteiger partial charge in [-0.3, -0.25) is 24.1 Å². The summed E-state index contributed by atoms with van der Waals surface area (Å²) in [4.78, 5) is 67.9. The molecular formula is C27H32N4O11S. The number of carbonyl (C=O) groups is 4. The molecule has 1 heterocycles. The highest BCUT2D eigenvalue weighted by Crippen LogP contribution is 2.38. The van der Waals surface area contributed by atoms with Gasteiger partial charge in [0.2, 0.25) is 11.8 Å². The van der Waals surface area contributed by atoms with Gasteiger partial charge in [0.15, 0.2) is 11.5 Å². The van der Waals surface area contributed by atoms with E-state index in [2.05, 4.69) is 15.5 Å². The molecule has 3 rings (SSSR count). The van der Waals surface area contributed by atoms with Gasteiger partial charge in [0.1, 0.15) is 16.4 Å². The maximum Gasteiger partial charge on any atom is 0.294 e. The van der Waals surface area contributed by atoms with Crippen LogP contribution < -0.4 is 20.1 Å². The van der Waals surface area contributed by atoms with E-state index < -0.39 is 68.9 Å². The number of ether oxygens (including phenoxy) is 2. The van der Waals surface area contributed by atoms with Gasteiger partial charge in [-0.05, 0) is 50.6 Å². The third-order valence-corrected chi connectivity index (χ3v) is 7.34. The van der Waals surface area contributed by atoms with Gasteiger partial charge in [0.05, 0.1) is 54.3 Å². The first-order valence-corrected chi connectivity index (χ1v) is 15.0. The maximum atomic E-state index is 13.7. The molecule has 15 nitrogen and oxygen atoms in total. The van der Waals surface area contributed by atoms with E-state index in [9.17, 15) is 37.7 Å². The Labute approximate surface area is 247 Å². The fraction of sp³-hybridized carbons (Fsp3) is 0.407. The Morgan fingerprint density at radius 1 is 1.12 bits per heavy atom. The Hall–Kier alpha value is -4.73. The van der Waals surface area contributed by atoms with E-state index in [1.54, 1.807) is 13.0 Å². The lowest BCUT2D eigenvalue weighted by molar-refractivity contribution is -0.760. The average molecular weight is 621 g/mol. The summed E-state index contributed by atoms with van der Waals surface area (Å²) in [6.45, 7) is 3.70. The van der Waals surface area contributed by atoms with Gasteiger partial charge in [0.25, 0.3) is 16.9 Å². The zero-order chi connectivity index (χ0) is 32.1. The van der Waals surface area contributed by atoms with Crippen molar-refractivity contribution < 1.29 is 47.0 Å². The van der Waals surface area contributed by atoms with Crippen molar-refractivity contribution in [3.8, 4) is 11.5 Å². The fourth-order valence-corrected chi connectivity index (χ4v) is 5.26. The normalized spacial score (nSPS) is 13.7.